The van der Waals surface area contributed by atoms with Gasteiger partial charge in [-0.05, 0) is 43.9 Å². The van der Waals surface area contributed by atoms with Crippen molar-refractivity contribution >= 4 is 40.4 Å². The number of hydrogen-bond donors (Lipinski definition) is 2. The number of ether oxygens (including phenoxy) is 1. The molecule has 0 atom stereocenters. The summed E-state index contributed by atoms with van der Waals surface area (Å²) in [7, 11) is 0. The van der Waals surface area contributed by atoms with Crippen LogP contribution >= 0.6 is 23.2 Å². The van der Waals surface area contributed by atoms with Crippen LogP contribution in [0.25, 0.3) is 0 Å². The Kier molecular flexibility index (Phi) is 5.08. The highest BCUT2D eigenvalue weighted by Crippen LogP contribution is 2.32. The van der Waals surface area contributed by atoms with Crippen LogP contribution in [0.1, 0.15) is 32.1 Å². The summed E-state index contributed by atoms with van der Waals surface area (Å²) >= 11 is 12.0. The first-order valence-electron chi connectivity index (χ1n) is 7.62. The lowest BCUT2D eigenvalue weighted by Gasteiger charge is -2.23. The number of nitrogen functional groups attached to an aromatic ring is 1. The lowest BCUT2D eigenvalue weighted by Crippen LogP contribution is -2.21. The molecule has 1 aliphatic rings. The van der Waals surface area contributed by atoms with Crippen LogP contribution in [0.4, 0.5) is 17.2 Å². The summed E-state index contributed by atoms with van der Waals surface area (Å²) in [6, 6.07) is 5.16. The molecular formula is C16H18Cl2N4O. The van der Waals surface area contributed by atoms with Crippen molar-refractivity contribution in [1.29, 1.82) is 0 Å². The summed E-state index contributed by atoms with van der Waals surface area (Å²) in [6.45, 7) is 0. The second-order valence-electron chi connectivity index (χ2n) is 5.60. The van der Waals surface area contributed by atoms with Gasteiger partial charge < -0.3 is 15.8 Å². The fourth-order valence-electron chi connectivity index (χ4n) is 2.68. The Morgan fingerprint density at radius 2 is 1.74 bits per heavy atom. The molecule has 0 spiro atoms. The largest absolute Gasteiger partial charge is 0.473 e. The highest BCUT2D eigenvalue weighted by Gasteiger charge is 2.18. The zero-order valence-corrected chi connectivity index (χ0v) is 14.1. The van der Waals surface area contributed by atoms with Crippen LogP contribution in [0, 0.1) is 0 Å². The number of nitrogens with zero attached hydrogens (tertiary/aromatic N) is 2. The average Bonchev–Trinajstić information content (AvgIpc) is 2.51. The predicted molar refractivity (Wildman–Crippen MR) is 93.7 cm³/mol. The maximum absolute atomic E-state index is 6.15. The summed E-state index contributed by atoms with van der Waals surface area (Å²) in [6.07, 6.45) is 7.31. The predicted octanol–water partition coefficient (Wildman–Crippen LogP) is 4.82. The number of nitrogens with one attached hydrogen (secondary N) is 1. The van der Waals surface area contributed by atoms with Crippen LogP contribution in [-0.4, -0.2) is 16.1 Å². The number of halogens is 2. The molecule has 7 heteroatoms. The van der Waals surface area contributed by atoms with Crippen molar-refractivity contribution in [1.82, 2.24) is 9.97 Å². The Hall–Kier alpha value is -1.72. The molecule has 1 aliphatic carbocycles. The first kappa shape index (κ1) is 16.1. The van der Waals surface area contributed by atoms with E-state index in [4.69, 9.17) is 33.7 Å². The molecule has 1 saturated carbocycles. The van der Waals surface area contributed by atoms with Crippen LogP contribution in [0.3, 0.4) is 0 Å². The van der Waals surface area contributed by atoms with Crippen molar-refractivity contribution in [2.75, 3.05) is 11.1 Å². The minimum absolute atomic E-state index is 0.175. The molecule has 23 heavy (non-hydrogen) atoms. The third-order valence-electron chi connectivity index (χ3n) is 3.80. The first-order chi connectivity index (χ1) is 11.1. The summed E-state index contributed by atoms with van der Waals surface area (Å²) in [4.78, 5) is 8.33. The van der Waals surface area contributed by atoms with Gasteiger partial charge in [-0.2, -0.15) is 4.98 Å². The quantitative estimate of drug-likeness (QED) is 0.824. The van der Waals surface area contributed by atoms with Crippen molar-refractivity contribution in [3.05, 3.63) is 34.6 Å². The standard InChI is InChI=1S/C16H18Cl2N4O/c17-10-6-11(18)8-12(7-10)22-15-14(19)16(21-9-20-15)23-13-4-2-1-3-5-13/h6-9,13H,1-5,19H2,(H,20,21,22). The van der Waals surface area contributed by atoms with Gasteiger partial charge in [-0.1, -0.05) is 29.6 Å². The molecular weight excluding hydrogens is 335 g/mol. The molecule has 1 aromatic carbocycles. The lowest BCUT2D eigenvalue weighted by molar-refractivity contribution is 0.149. The maximum Gasteiger partial charge on any atom is 0.242 e. The second-order valence-corrected chi connectivity index (χ2v) is 6.47. The zero-order valence-electron chi connectivity index (χ0n) is 12.6. The van der Waals surface area contributed by atoms with E-state index < -0.39 is 0 Å². The summed E-state index contributed by atoms with van der Waals surface area (Å²) in [5, 5.41) is 4.17. The molecule has 1 heterocycles. The van der Waals surface area contributed by atoms with E-state index in [0.29, 0.717) is 33.1 Å². The molecule has 3 rings (SSSR count). The van der Waals surface area contributed by atoms with E-state index in [1.165, 1.54) is 25.6 Å². The Morgan fingerprint density at radius 1 is 1.04 bits per heavy atom. The fourth-order valence-corrected chi connectivity index (χ4v) is 3.20. The van der Waals surface area contributed by atoms with Gasteiger partial charge in [0.15, 0.2) is 5.82 Å². The molecule has 2 aromatic rings. The minimum atomic E-state index is 0.175. The van der Waals surface area contributed by atoms with Gasteiger partial charge in [-0.15, -0.1) is 0 Å². The number of rotatable bonds is 4. The summed E-state index contributed by atoms with van der Waals surface area (Å²) in [5.41, 5.74) is 7.23. The average molecular weight is 353 g/mol. The number of hydrogen-bond acceptors (Lipinski definition) is 5. The van der Waals surface area contributed by atoms with E-state index in [9.17, 15) is 0 Å². The molecule has 0 radical (unpaired) electrons. The van der Waals surface area contributed by atoms with E-state index in [-0.39, 0.29) is 6.10 Å². The van der Waals surface area contributed by atoms with Gasteiger partial charge >= 0.3 is 0 Å². The Morgan fingerprint density at radius 3 is 2.43 bits per heavy atom. The van der Waals surface area contributed by atoms with Crippen molar-refractivity contribution in [2.24, 2.45) is 0 Å². The van der Waals surface area contributed by atoms with Crippen LogP contribution in [0.5, 0.6) is 5.88 Å². The smallest absolute Gasteiger partial charge is 0.242 e. The minimum Gasteiger partial charge on any atom is -0.473 e. The number of anilines is 3. The lowest BCUT2D eigenvalue weighted by atomic mass is 9.98. The van der Waals surface area contributed by atoms with Crippen molar-refractivity contribution in [3.63, 3.8) is 0 Å². The molecule has 1 aromatic heterocycles. The van der Waals surface area contributed by atoms with Crippen LogP contribution < -0.4 is 15.8 Å². The first-order valence-corrected chi connectivity index (χ1v) is 8.37. The topological polar surface area (TPSA) is 73.1 Å². The van der Waals surface area contributed by atoms with Crippen LogP contribution in [-0.2, 0) is 0 Å². The third kappa shape index (κ3) is 4.18. The molecule has 1 fully saturated rings. The summed E-state index contributed by atoms with van der Waals surface area (Å²) in [5.74, 6) is 0.895. The molecule has 0 aliphatic heterocycles. The Labute approximate surface area is 145 Å². The fraction of sp³-hybridized carbons (Fsp3) is 0.375. The molecule has 0 bridgehead atoms. The van der Waals surface area contributed by atoms with Gasteiger partial charge in [-0.3, -0.25) is 0 Å². The SMILES string of the molecule is Nc1c(Nc2cc(Cl)cc(Cl)c2)ncnc1OC1CCCCC1. The molecule has 0 saturated heterocycles. The van der Waals surface area contributed by atoms with E-state index in [1.807, 2.05) is 0 Å². The van der Waals surface area contributed by atoms with Gasteiger partial charge in [0.1, 0.15) is 18.1 Å². The molecule has 5 nitrogen and oxygen atoms in total. The second kappa shape index (κ2) is 7.23. The Balaban J connectivity index is 1.78. The normalized spacial score (nSPS) is 15.4. The zero-order chi connectivity index (χ0) is 16.2. The summed E-state index contributed by atoms with van der Waals surface area (Å²) < 4.78 is 5.94. The van der Waals surface area contributed by atoms with E-state index in [1.54, 1.807) is 18.2 Å². The number of benzene rings is 1. The molecule has 3 N–H and O–H groups in total. The van der Waals surface area contributed by atoms with Gasteiger partial charge in [0.25, 0.3) is 0 Å². The van der Waals surface area contributed by atoms with Crippen molar-refractivity contribution in [3.8, 4) is 5.88 Å². The van der Waals surface area contributed by atoms with E-state index >= 15 is 0 Å². The van der Waals surface area contributed by atoms with E-state index in [2.05, 4.69) is 15.3 Å². The Bertz CT molecular complexity index is 670. The number of nitrogens with two attached hydrogens (primary N) is 1. The van der Waals surface area contributed by atoms with Gasteiger partial charge in [0, 0.05) is 15.7 Å². The van der Waals surface area contributed by atoms with Gasteiger partial charge in [-0.25, -0.2) is 4.98 Å². The highest BCUT2D eigenvalue weighted by atomic mass is 35.5. The van der Waals surface area contributed by atoms with Gasteiger partial charge in [0.2, 0.25) is 5.88 Å². The third-order valence-corrected chi connectivity index (χ3v) is 4.24. The maximum atomic E-state index is 6.15. The van der Waals surface area contributed by atoms with Crippen molar-refractivity contribution in [2.45, 2.75) is 38.2 Å². The van der Waals surface area contributed by atoms with E-state index in [0.717, 1.165) is 12.8 Å². The van der Waals surface area contributed by atoms with Crippen molar-refractivity contribution < 1.29 is 4.74 Å². The molecule has 122 valence electrons. The van der Waals surface area contributed by atoms with Crippen LogP contribution in [0.15, 0.2) is 24.5 Å². The monoisotopic (exact) mass is 352 g/mol. The molecule has 0 unspecified atom stereocenters. The number of aromatic nitrogens is 2. The van der Waals surface area contributed by atoms with Crippen LogP contribution in [0.2, 0.25) is 10.0 Å². The highest BCUT2D eigenvalue weighted by molar-refractivity contribution is 6.35. The van der Waals surface area contributed by atoms with Gasteiger partial charge in [0.05, 0.1) is 0 Å². The molecule has 0 amide bonds.